The van der Waals surface area contributed by atoms with E-state index in [9.17, 15) is 14.7 Å². The van der Waals surface area contributed by atoms with E-state index in [1.807, 2.05) is 66.7 Å². The van der Waals surface area contributed by atoms with Crippen LogP contribution < -0.4 is 10.6 Å². The summed E-state index contributed by atoms with van der Waals surface area (Å²) < 4.78 is 18.2. The Morgan fingerprint density at radius 3 is 2.23 bits per heavy atom. The summed E-state index contributed by atoms with van der Waals surface area (Å²) >= 11 is 0. The quantitative estimate of drug-likeness (QED) is 0.149. The number of nitrogens with zero attached hydrogens (tertiary/aromatic N) is 1. The van der Waals surface area contributed by atoms with Gasteiger partial charge in [0.2, 0.25) is 0 Å². The highest BCUT2D eigenvalue weighted by atomic mass is 16.7. The van der Waals surface area contributed by atoms with Crippen LogP contribution in [0.3, 0.4) is 0 Å². The Morgan fingerprint density at radius 2 is 1.52 bits per heavy atom. The van der Waals surface area contributed by atoms with E-state index in [-0.39, 0.29) is 37.9 Å². The first-order chi connectivity index (χ1) is 23.3. The number of hydrogen-bond donors (Lipinski definition) is 3. The van der Waals surface area contributed by atoms with Crippen molar-refractivity contribution in [3.05, 3.63) is 131 Å². The van der Waals surface area contributed by atoms with E-state index in [2.05, 4.69) is 65.9 Å². The van der Waals surface area contributed by atoms with Crippen molar-refractivity contribution in [3.8, 4) is 11.1 Å². The van der Waals surface area contributed by atoms with Crippen LogP contribution in [0.25, 0.3) is 11.1 Å². The van der Waals surface area contributed by atoms with Gasteiger partial charge in [-0.25, -0.2) is 4.79 Å². The second-order valence-corrected chi connectivity index (χ2v) is 12.2. The third kappa shape index (κ3) is 9.51. The highest BCUT2D eigenvalue weighted by Crippen LogP contribution is 2.42. The molecule has 0 aromatic heterocycles. The van der Waals surface area contributed by atoms with Gasteiger partial charge in [0.05, 0.1) is 25.4 Å². The van der Waals surface area contributed by atoms with Crippen molar-refractivity contribution in [1.82, 2.24) is 15.5 Å². The lowest BCUT2D eigenvalue weighted by Gasteiger charge is -2.42. The zero-order valence-corrected chi connectivity index (χ0v) is 27.8. The standard InChI is InChI=1S/C39H45N3O6/c1-4-46-36(44)23-41-39(45)40-22-30-11-8-12-34(21-30)31-17-19-33(20-18-31)38-47-35(25-42(3)24-28-9-6-5-7-10-28)27(2)37(48-38)32-15-13-29(26-43)14-16-32/h5-21,27,35,37-38,43H,4,22-26H2,1-3H3,(H2,40,41,45). The minimum atomic E-state index is -0.559. The molecule has 4 aromatic rings. The van der Waals surface area contributed by atoms with Crippen LogP contribution in [-0.4, -0.2) is 54.9 Å². The summed E-state index contributed by atoms with van der Waals surface area (Å²) in [6, 6.07) is 34.1. The molecular weight excluding hydrogens is 606 g/mol. The first-order valence-electron chi connectivity index (χ1n) is 16.4. The molecule has 0 spiro atoms. The Hall–Kier alpha value is -4.54. The molecule has 0 saturated carbocycles. The number of likely N-dealkylation sites (N-methyl/N-ethyl adjacent to an activating group) is 1. The summed E-state index contributed by atoms with van der Waals surface area (Å²) in [5, 5.41) is 14.9. The molecule has 252 valence electrons. The van der Waals surface area contributed by atoms with Crippen LogP contribution in [0.1, 0.15) is 54.1 Å². The maximum absolute atomic E-state index is 12.1. The molecule has 0 aliphatic carbocycles. The smallest absolute Gasteiger partial charge is 0.325 e. The van der Waals surface area contributed by atoms with Crippen molar-refractivity contribution < 1.29 is 28.9 Å². The monoisotopic (exact) mass is 651 g/mol. The van der Waals surface area contributed by atoms with Crippen molar-refractivity contribution in [2.45, 2.75) is 52.0 Å². The van der Waals surface area contributed by atoms with E-state index in [0.29, 0.717) is 6.54 Å². The van der Waals surface area contributed by atoms with Crippen LogP contribution in [0.2, 0.25) is 0 Å². The number of urea groups is 1. The van der Waals surface area contributed by atoms with Gasteiger partial charge in [-0.3, -0.25) is 9.69 Å². The normalized spacial score (nSPS) is 19.1. The minimum absolute atomic E-state index is 0.00176. The molecule has 1 fully saturated rings. The van der Waals surface area contributed by atoms with Crippen LogP contribution in [0.4, 0.5) is 4.79 Å². The molecule has 3 N–H and O–H groups in total. The lowest BCUT2D eigenvalue weighted by molar-refractivity contribution is -0.276. The predicted molar refractivity (Wildman–Crippen MR) is 184 cm³/mol. The summed E-state index contributed by atoms with van der Waals surface area (Å²) in [7, 11) is 2.12. The highest BCUT2D eigenvalue weighted by Gasteiger charge is 2.38. The largest absolute Gasteiger partial charge is 0.465 e. The summed E-state index contributed by atoms with van der Waals surface area (Å²) in [6.45, 7) is 5.84. The Kier molecular flexibility index (Phi) is 12.3. The first-order valence-corrected chi connectivity index (χ1v) is 16.4. The molecule has 9 heteroatoms. The van der Waals surface area contributed by atoms with E-state index in [4.69, 9.17) is 14.2 Å². The molecule has 9 nitrogen and oxygen atoms in total. The lowest BCUT2D eigenvalue weighted by atomic mass is 9.90. The average molecular weight is 652 g/mol. The number of nitrogens with one attached hydrogen (secondary N) is 2. The fraction of sp³-hybridized carbons (Fsp3) is 0.333. The number of rotatable bonds is 13. The van der Waals surface area contributed by atoms with Gasteiger partial charge in [0.25, 0.3) is 0 Å². The van der Waals surface area contributed by atoms with Crippen LogP contribution >= 0.6 is 0 Å². The molecule has 2 amide bonds. The molecule has 5 rings (SSSR count). The van der Waals surface area contributed by atoms with Crippen molar-refractivity contribution in [1.29, 1.82) is 0 Å². The van der Waals surface area contributed by atoms with E-state index in [1.54, 1.807) is 6.92 Å². The molecule has 0 radical (unpaired) electrons. The van der Waals surface area contributed by atoms with Gasteiger partial charge < -0.3 is 30.0 Å². The summed E-state index contributed by atoms with van der Waals surface area (Å²) in [5.74, 6) is -0.392. The van der Waals surface area contributed by atoms with Gasteiger partial charge in [-0.15, -0.1) is 0 Å². The van der Waals surface area contributed by atoms with Crippen LogP contribution in [0.5, 0.6) is 0 Å². The van der Waals surface area contributed by atoms with E-state index in [1.165, 1.54) is 5.56 Å². The number of amides is 2. The number of benzene rings is 4. The highest BCUT2D eigenvalue weighted by molar-refractivity contribution is 5.80. The van der Waals surface area contributed by atoms with Gasteiger partial charge in [-0.2, -0.15) is 0 Å². The van der Waals surface area contributed by atoms with Gasteiger partial charge in [0.15, 0.2) is 6.29 Å². The molecule has 1 aliphatic rings. The summed E-state index contributed by atoms with van der Waals surface area (Å²) in [4.78, 5) is 25.9. The third-order valence-electron chi connectivity index (χ3n) is 8.51. The molecule has 0 bridgehead atoms. The van der Waals surface area contributed by atoms with Crippen molar-refractivity contribution in [3.63, 3.8) is 0 Å². The van der Waals surface area contributed by atoms with Crippen LogP contribution in [-0.2, 0) is 38.7 Å². The molecule has 4 atom stereocenters. The zero-order valence-electron chi connectivity index (χ0n) is 27.8. The van der Waals surface area contributed by atoms with E-state index in [0.717, 1.165) is 46.5 Å². The zero-order chi connectivity index (χ0) is 33.9. The molecule has 1 saturated heterocycles. The Labute approximate surface area is 282 Å². The van der Waals surface area contributed by atoms with Crippen LogP contribution in [0, 0.1) is 5.92 Å². The van der Waals surface area contributed by atoms with Crippen molar-refractivity contribution in [2.75, 3.05) is 26.7 Å². The number of hydrogen-bond acceptors (Lipinski definition) is 7. The van der Waals surface area contributed by atoms with Gasteiger partial charge >= 0.3 is 12.0 Å². The van der Waals surface area contributed by atoms with Crippen LogP contribution in [0.15, 0.2) is 103 Å². The Bertz CT molecular complexity index is 1610. The van der Waals surface area contributed by atoms with Crippen molar-refractivity contribution >= 4 is 12.0 Å². The second kappa shape index (κ2) is 17.0. The minimum Gasteiger partial charge on any atom is -0.465 e. The average Bonchev–Trinajstić information content (AvgIpc) is 3.11. The third-order valence-corrected chi connectivity index (χ3v) is 8.51. The van der Waals surface area contributed by atoms with Gasteiger partial charge in [0.1, 0.15) is 6.54 Å². The SMILES string of the molecule is CCOC(=O)CNC(=O)NCc1cccc(-c2ccc(C3OC(CN(C)Cc4ccccc4)C(C)C(c4ccc(CO)cc4)O3)cc2)c1. The molecule has 4 unspecified atom stereocenters. The van der Waals surface area contributed by atoms with E-state index >= 15 is 0 Å². The van der Waals surface area contributed by atoms with Gasteiger partial charge in [-0.05, 0) is 53.4 Å². The second-order valence-electron chi connectivity index (χ2n) is 12.2. The first kappa shape index (κ1) is 34.8. The number of carbonyl (C=O) groups is 2. The maximum Gasteiger partial charge on any atom is 0.325 e. The van der Waals surface area contributed by atoms with Gasteiger partial charge in [-0.1, -0.05) is 104 Å². The lowest BCUT2D eigenvalue weighted by Crippen LogP contribution is -2.43. The van der Waals surface area contributed by atoms with Gasteiger partial charge in [0, 0.05) is 31.1 Å². The number of esters is 1. The Morgan fingerprint density at radius 1 is 0.812 bits per heavy atom. The molecule has 1 heterocycles. The predicted octanol–water partition coefficient (Wildman–Crippen LogP) is 6.13. The fourth-order valence-corrected chi connectivity index (χ4v) is 5.90. The molecule has 4 aromatic carbocycles. The number of aliphatic hydroxyl groups is 1. The Balaban J connectivity index is 1.28. The molecule has 1 aliphatic heterocycles. The number of carbonyl (C=O) groups excluding carboxylic acids is 2. The van der Waals surface area contributed by atoms with Crippen molar-refractivity contribution in [2.24, 2.45) is 5.92 Å². The maximum atomic E-state index is 12.1. The number of aliphatic hydroxyl groups excluding tert-OH is 1. The van der Waals surface area contributed by atoms with E-state index < -0.39 is 18.3 Å². The summed E-state index contributed by atoms with van der Waals surface area (Å²) in [5.41, 5.74) is 7.05. The fourth-order valence-electron chi connectivity index (χ4n) is 5.90. The molecular formula is C39H45N3O6. The topological polar surface area (TPSA) is 109 Å². The summed E-state index contributed by atoms with van der Waals surface area (Å²) in [6.07, 6.45) is -0.833. The molecule has 48 heavy (non-hydrogen) atoms. The number of ether oxygens (including phenoxy) is 3.